The van der Waals surface area contributed by atoms with Gasteiger partial charge in [0.15, 0.2) is 0 Å². The van der Waals surface area contributed by atoms with Crippen LogP contribution < -0.4 is 0 Å². The summed E-state index contributed by atoms with van der Waals surface area (Å²) in [6.45, 7) is 12.4. The number of Topliss-reactive ketones (excluding diaryl/α,β-unsaturated/α-hetero) is 2. The number of allylic oxidation sites excluding steroid dienone is 1. The number of benzene rings is 1. The molecular weight excluding hydrogens is 386 g/mol. The number of hydrogen-bond acceptors (Lipinski definition) is 3. The van der Waals surface area contributed by atoms with E-state index in [1.807, 2.05) is 52.8 Å². The van der Waals surface area contributed by atoms with Gasteiger partial charge < -0.3 is 4.90 Å². The van der Waals surface area contributed by atoms with E-state index in [2.05, 4.69) is 11.8 Å². The molecule has 2 aliphatic rings. The zero-order valence-corrected chi connectivity index (χ0v) is 19.6. The highest BCUT2D eigenvalue weighted by atomic mass is 16.2. The van der Waals surface area contributed by atoms with Gasteiger partial charge in [0, 0.05) is 43.0 Å². The molecule has 1 saturated carbocycles. The lowest BCUT2D eigenvalue weighted by Crippen LogP contribution is -2.44. The van der Waals surface area contributed by atoms with Crippen LogP contribution in [-0.2, 0) is 14.4 Å². The summed E-state index contributed by atoms with van der Waals surface area (Å²) >= 11 is 0. The van der Waals surface area contributed by atoms with Crippen LogP contribution in [-0.4, -0.2) is 28.9 Å². The van der Waals surface area contributed by atoms with Crippen LogP contribution in [0.4, 0.5) is 0 Å². The molecule has 1 aliphatic heterocycles. The van der Waals surface area contributed by atoms with Gasteiger partial charge in [-0.2, -0.15) is 0 Å². The van der Waals surface area contributed by atoms with E-state index in [1.54, 1.807) is 18.0 Å². The lowest BCUT2D eigenvalue weighted by Gasteiger charge is -2.41. The Kier molecular flexibility index (Phi) is 6.28. The zero-order chi connectivity index (χ0) is 23.0. The summed E-state index contributed by atoms with van der Waals surface area (Å²) in [5.41, 5.74) is 3.10. The Bertz CT molecular complexity index is 972. The summed E-state index contributed by atoms with van der Waals surface area (Å²) in [6, 6.07) is 3.92. The van der Waals surface area contributed by atoms with Crippen LogP contribution >= 0.6 is 0 Å². The van der Waals surface area contributed by atoms with Crippen molar-refractivity contribution in [1.82, 2.24) is 4.90 Å². The molecule has 164 valence electrons. The first-order chi connectivity index (χ1) is 14.4. The Labute approximate surface area is 186 Å². The number of amides is 1. The van der Waals surface area contributed by atoms with E-state index >= 15 is 0 Å². The molecule has 1 spiro atoms. The molecule has 1 amide bonds. The number of rotatable bonds is 2. The van der Waals surface area contributed by atoms with Crippen LogP contribution in [0.3, 0.4) is 0 Å². The van der Waals surface area contributed by atoms with Crippen LogP contribution in [0.25, 0.3) is 0 Å². The Morgan fingerprint density at radius 1 is 1.13 bits per heavy atom. The molecular formula is C27H33NO3. The Morgan fingerprint density at radius 3 is 2.16 bits per heavy atom. The molecule has 0 N–H and O–H groups in total. The number of ketones is 2. The van der Waals surface area contributed by atoms with Crippen molar-refractivity contribution < 1.29 is 14.4 Å². The van der Waals surface area contributed by atoms with Crippen molar-refractivity contribution >= 4 is 17.5 Å². The second-order valence-corrected chi connectivity index (χ2v) is 10.4. The Morgan fingerprint density at radius 2 is 1.71 bits per heavy atom. The molecule has 0 radical (unpaired) electrons. The lowest BCUT2D eigenvalue weighted by molar-refractivity contribution is -0.136. The maximum absolute atomic E-state index is 13.2. The highest BCUT2D eigenvalue weighted by Gasteiger charge is 2.46. The largest absolute Gasteiger partial charge is 0.319 e. The van der Waals surface area contributed by atoms with Gasteiger partial charge in [0.05, 0.1) is 0 Å². The van der Waals surface area contributed by atoms with Gasteiger partial charge in [0.2, 0.25) is 5.91 Å². The molecule has 0 aromatic heterocycles. The van der Waals surface area contributed by atoms with E-state index in [9.17, 15) is 14.4 Å². The van der Waals surface area contributed by atoms with Gasteiger partial charge >= 0.3 is 0 Å². The lowest BCUT2D eigenvalue weighted by atomic mass is 9.64. The van der Waals surface area contributed by atoms with Gasteiger partial charge in [-0.05, 0) is 61.4 Å². The summed E-state index contributed by atoms with van der Waals surface area (Å²) in [7, 11) is 0. The molecule has 1 aromatic rings. The molecule has 0 atom stereocenters. The predicted octanol–water partition coefficient (Wildman–Crippen LogP) is 4.86. The first-order valence-corrected chi connectivity index (χ1v) is 11.0. The van der Waals surface area contributed by atoms with Crippen molar-refractivity contribution in [2.45, 2.75) is 73.1 Å². The quantitative estimate of drug-likeness (QED) is 0.508. The van der Waals surface area contributed by atoms with Gasteiger partial charge in [0.25, 0.3) is 0 Å². The topological polar surface area (TPSA) is 54.5 Å². The first kappa shape index (κ1) is 23.0. The minimum atomic E-state index is -0.691. The fourth-order valence-corrected chi connectivity index (χ4v) is 4.92. The maximum Gasteiger partial charge on any atom is 0.227 e. The smallest absolute Gasteiger partial charge is 0.227 e. The van der Waals surface area contributed by atoms with E-state index in [1.165, 1.54) is 0 Å². The van der Waals surface area contributed by atoms with Crippen molar-refractivity contribution in [2.24, 2.45) is 10.8 Å². The van der Waals surface area contributed by atoms with Gasteiger partial charge in [0.1, 0.15) is 17.5 Å². The van der Waals surface area contributed by atoms with Crippen LogP contribution in [0.15, 0.2) is 24.4 Å². The highest BCUT2D eigenvalue weighted by Crippen LogP contribution is 2.45. The standard InChI is InChI=1S/C27H33NO3/c1-7-8-20-13-18(2)24(19(3)14-20)25-21(29)15-27(16-22(25)30)9-11-28(12-10-27)23(31)17-26(4,5)6/h9,11,13-14,25H,10,12,15-17H2,1-6H3. The highest BCUT2D eigenvalue weighted by molar-refractivity contribution is 6.11. The Hall–Kier alpha value is -2.67. The zero-order valence-electron chi connectivity index (χ0n) is 19.6. The van der Waals surface area contributed by atoms with E-state index < -0.39 is 11.3 Å². The molecule has 1 aromatic carbocycles. The van der Waals surface area contributed by atoms with Crippen LogP contribution in [0.5, 0.6) is 0 Å². The van der Waals surface area contributed by atoms with Crippen LogP contribution in [0.2, 0.25) is 0 Å². The van der Waals surface area contributed by atoms with Crippen LogP contribution in [0, 0.1) is 36.5 Å². The number of hydrogen-bond donors (Lipinski definition) is 0. The second kappa shape index (κ2) is 8.46. The average molecular weight is 420 g/mol. The number of carbonyl (C=O) groups excluding carboxylic acids is 3. The van der Waals surface area contributed by atoms with E-state index in [4.69, 9.17) is 0 Å². The molecule has 3 rings (SSSR count). The summed E-state index contributed by atoms with van der Waals surface area (Å²) in [6.07, 6.45) is 5.54. The summed E-state index contributed by atoms with van der Waals surface area (Å²) in [5, 5.41) is 0. The van der Waals surface area contributed by atoms with Gasteiger partial charge in [-0.1, -0.05) is 32.8 Å². The molecule has 4 nitrogen and oxygen atoms in total. The second-order valence-electron chi connectivity index (χ2n) is 10.4. The molecule has 1 fully saturated rings. The molecule has 4 heteroatoms. The van der Waals surface area contributed by atoms with E-state index in [-0.39, 0.29) is 22.9 Å². The number of aryl methyl sites for hydroxylation is 2. The van der Waals surface area contributed by atoms with E-state index in [0.29, 0.717) is 32.2 Å². The fourth-order valence-electron chi connectivity index (χ4n) is 4.92. The van der Waals surface area contributed by atoms with Crippen molar-refractivity contribution in [2.75, 3.05) is 6.54 Å². The maximum atomic E-state index is 13.2. The SMILES string of the molecule is CC#Cc1cc(C)c(C2C(=O)CC3(C=CN(C(=O)CC(C)(C)C)CC3)CC2=O)c(C)c1. The van der Waals surface area contributed by atoms with Gasteiger partial charge in [-0.25, -0.2) is 0 Å². The molecule has 0 unspecified atom stereocenters. The third-order valence-corrected chi connectivity index (χ3v) is 6.31. The molecule has 31 heavy (non-hydrogen) atoms. The van der Waals surface area contributed by atoms with Crippen molar-refractivity contribution in [3.8, 4) is 11.8 Å². The van der Waals surface area contributed by atoms with Gasteiger partial charge in [-0.15, -0.1) is 5.92 Å². The molecule has 1 aliphatic carbocycles. The normalized spacial score (nSPS) is 23.7. The summed E-state index contributed by atoms with van der Waals surface area (Å²) < 4.78 is 0. The first-order valence-electron chi connectivity index (χ1n) is 11.0. The number of nitrogens with zero attached hydrogens (tertiary/aromatic N) is 1. The monoisotopic (exact) mass is 419 g/mol. The van der Waals surface area contributed by atoms with Crippen LogP contribution in [0.1, 0.15) is 81.5 Å². The van der Waals surface area contributed by atoms with Crippen molar-refractivity contribution in [3.63, 3.8) is 0 Å². The Balaban J connectivity index is 1.81. The summed E-state index contributed by atoms with van der Waals surface area (Å²) in [5.74, 6) is 5.31. The van der Waals surface area contributed by atoms with Crippen molar-refractivity contribution in [1.29, 1.82) is 0 Å². The third-order valence-electron chi connectivity index (χ3n) is 6.31. The minimum Gasteiger partial charge on any atom is -0.319 e. The fraction of sp³-hybridized carbons (Fsp3) is 0.519. The molecule has 0 saturated heterocycles. The van der Waals surface area contributed by atoms with Gasteiger partial charge in [-0.3, -0.25) is 14.4 Å². The van der Waals surface area contributed by atoms with Crippen molar-refractivity contribution in [3.05, 3.63) is 46.7 Å². The minimum absolute atomic E-state index is 0.0177. The third kappa shape index (κ3) is 4.98. The average Bonchev–Trinajstić information content (AvgIpc) is 2.62. The molecule has 1 heterocycles. The number of carbonyl (C=O) groups is 3. The van der Waals surface area contributed by atoms with E-state index in [0.717, 1.165) is 22.3 Å². The molecule has 0 bridgehead atoms. The summed E-state index contributed by atoms with van der Waals surface area (Å²) in [4.78, 5) is 40.7. The predicted molar refractivity (Wildman–Crippen MR) is 122 cm³/mol.